The molecular weight excluding hydrogens is 318 g/mol. The lowest BCUT2D eigenvalue weighted by Crippen LogP contribution is -2.22. The Balaban J connectivity index is 1.64. The molecule has 0 radical (unpaired) electrons. The van der Waals surface area contributed by atoms with Gasteiger partial charge >= 0.3 is 0 Å². The number of hydrogen-bond acceptors (Lipinski definition) is 3. The number of unbranched alkanes of at least 4 members (excludes halogenated alkanes) is 1. The summed E-state index contributed by atoms with van der Waals surface area (Å²) in [6.07, 6.45) is 6.40. The van der Waals surface area contributed by atoms with Crippen molar-refractivity contribution in [1.82, 2.24) is 14.9 Å². The summed E-state index contributed by atoms with van der Waals surface area (Å²) in [5.41, 5.74) is 0.802. The van der Waals surface area contributed by atoms with Gasteiger partial charge in [0.2, 0.25) is 0 Å². The number of fused-ring (bicyclic) bond motifs is 1. The molecule has 1 aliphatic rings. The lowest BCUT2D eigenvalue weighted by Gasteiger charge is -2.07. The number of hydrogen-bond donors (Lipinski definition) is 1. The van der Waals surface area contributed by atoms with Crippen molar-refractivity contribution >= 4 is 26.8 Å². The zero-order valence-electron chi connectivity index (χ0n) is 11.3. The highest BCUT2D eigenvalue weighted by Crippen LogP contribution is 2.18. The monoisotopic (exact) mass is 335 g/mol. The summed E-state index contributed by atoms with van der Waals surface area (Å²) in [6, 6.07) is 6.38. The molecule has 0 atom stereocenters. The van der Waals surface area contributed by atoms with Gasteiger partial charge in [-0.25, -0.2) is 4.98 Å². The number of aryl methyl sites for hydroxylation is 1. The maximum absolute atomic E-state index is 12.3. The van der Waals surface area contributed by atoms with Crippen molar-refractivity contribution in [2.24, 2.45) is 0 Å². The van der Waals surface area contributed by atoms with Crippen molar-refractivity contribution in [2.45, 2.75) is 38.3 Å². The van der Waals surface area contributed by atoms with Crippen LogP contribution in [0.3, 0.4) is 0 Å². The molecule has 0 aliphatic heterocycles. The van der Waals surface area contributed by atoms with E-state index in [0.29, 0.717) is 5.39 Å². The Morgan fingerprint density at radius 2 is 2.20 bits per heavy atom. The van der Waals surface area contributed by atoms with Crippen LogP contribution in [0, 0.1) is 0 Å². The maximum Gasteiger partial charge on any atom is 0.261 e. The third kappa shape index (κ3) is 3.27. The minimum Gasteiger partial charge on any atom is -0.314 e. The fraction of sp³-hybridized carbons (Fsp3) is 0.467. The maximum atomic E-state index is 12.3. The molecule has 1 saturated carbocycles. The van der Waals surface area contributed by atoms with Gasteiger partial charge in [0.15, 0.2) is 0 Å². The molecule has 0 amide bonds. The number of nitrogens with zero attached hydrogens (tertiary/aromatic N) is 2. The molecule has 3 rings (SSSR count). The second-order valence-electron chi connectivity index (χ2n) is 5.34. The van der Waals surface area contributed by atoms with Crippen LogP contribution in [0.2, 0.25) is 0 Å². The Labute approximate surface area is 126 Å². The van der Waals surface area contributed by atoms with Gasteiger partial charge in [-0.2, -0.15) is 0 Å². The molecule has 1 aliphatic carbocycles. The zero-order valence-corrected chi connectivity index (χ0v) is 12.9. The van der Waals surface area contributed by atoms with Gasteiger partial charge in [0, 0.05) is 17.1 Å². The SMILES string of the molecule is O=c1c2cc(Br)ccc2ncn1CCCCNC1CC1. The highest BCUT2D eigenvalue weighted by molar-refractivity contribution is 9.10. The van der Waals surface area contributed by atoms with Crippen molar-refractivity contribution in [3.05, 3.63) is 39.4 Å². The van der Waals surface area contributed by atoms with Crippen LogP contribution in [0.5, 0.6) is 0 Å². The molecule has 2 aromatic rings. The quantitative estimate of drug-likeness (QED) is 0.825. The molecular formula is C15H18BrN3O. The smallest absolute Gasteiger partial charge is 0.261 e. The largest absolute Gasteiger partial charge is 0.314 e. The fourth-order valence-electron chi connectivity index (χ4n) is 2.29. The predicted octanol–water partition coefficient (Wildman–Crippen LogP) is 2.69. The Bertz CT molecular complexity index is 664. The van der Waals surface area contributed by atoms with Crippen LogP contribution in [0.15, 0.2) is 33.8 Å². The van der Waals surface area contributed by atoms with Gasteiger partial charge in [0.1, 0.15) is 0 Å². The van der Waals surface area contributed by atoms with E-state index < -0.39 is 0 Å². The number of halogens is 1. The molecule has 0 spiro atoms. The Hall–Kier alpha value is -1.20. The van der Waals surface area contributed by atoms with Gasteiger partial charge < -0.3 is 5.32 Å². The number of benzene rings is 1. The van der Waals surface area contributed by atoms with E-state index in [0.717, 1.165) is 42.0 Å². The third-order valence-electron chi connectivity index (χ3n) is 3.62. The second-order valence-corrected chi connectivity index (χ2v) is 6.26. The van der Waals surface area contributed by atoms with Crippen LogP contribution < -0.4 is 10.9 Å². The molecule has 0 bridgehead atoms. The first kappa shape index (κ1) is 13.8. The summed E-state index contributed by atoms with van der Waals surface area (Å²) >= 11 is 3.40. The molecule has 1 heterocycles. The summed E-state index contributed by atoms with van der Waals surface area (Å²) in [6.45, 7) is 1.78. The first-order chi connectivity index (χ1) is 9.74. The summed E-state index contributed by atoms with van der Waals surface area (Å²) in [5.74, 6) is 0. The average molecular weight is 336 g/mol. The number of nitrogens with one attached hydrogen (secondary N) is 1. The fourth-order valence-corrected chi connectivity index (χ4v) is 2.65. The van der Waals surface area contributed by atoms with Gasteiger partial charge in [-0.05, 0) is 50.4 Å². The van der Waals surface area contributed by atoms with Crippen LogP contribution in [0.1, 0.15) is 25.7 Å². The van der Waals surface area contributed by atoms with Gasteiger partial charge in [-0.1, -0.05) is 15.9 Å². The number of rotatable bonds is 6. The summed E-state index contributed by atoms with van der Waals surface area (Å²) in [7, 11) is 0. The average Bonchev–Trinajstić information content (AvgIpc) is 3.25. The van der Waals surface area contributed by atoms with Crippen LogP contribution in [0.4, 0.5) is 0 Å². The topological polar surface area (TPSA) is 46.9 Å². The third-order valence-corrected chi connectivity index (χ3v) is 4.12. The highest BCUT2D eigenvalue weighted by atomic mass is 79.9. The first-order valence-corrected chi connectivity index (χ1v) is 7.91. The number of aromatic nitrogens is 2. The molecule has 106 valence electrons. The van der Waals surface area contributed by atoms with E-state index in [9.17, 15) is 4.79 Å². The van der Waals surface area contributed by atoms with Gasteiger partial charge in [-0.3, -0.25) is 9.36 Å². The normalized spacial score (nSPS) is 14.8. The first-order valence-electron chi connectivity index (χ1n) is 7.12. The van der Waals surface area contributed by atoms with Crippen molar-refractivity contribution in [3.63, 3.8) is 0 Å². The Kier molecular flexibility index (Phi) is 4.17. The van der Waals surface area contributed by atoms with Gasteiger partial charge in [0.05, 0.1) is 17.2 Å². The summed E-state index contributed by atoms with van der Waals surface area (Å²) < 4.78 is 2.63. The van der Waals surface area contributed by atoms with Gasteiger partial charge in [-0.15, -0.1) is 0 Å². The summed E-state index contributed by atoms with van der Waals surface area (Å²) in [4.78, 5) is 16.7. The van der Waals surface area contributed by atoms with Crippen molar-refractivity contribution in [1.29, 1.82) is 0 Å². The Morgan fingerprint density at radius 1 is 1.35 bits per heavy atom. The van der Waals surface area contributed by atoms with Crippen LogP contribution >= 0.6 is 15.9 Å². The molecule has 1 N–H and O–H groups in total. The lowest BCUT2D eigenvalue weighted by atomic mass is 10.2. The van der Waals surface area contributed by atoms with E-state index >= 15 is 0 Å². The molecule has 0 unspecified atom stereocenters. The molecule has 1 aromatic heterocycles. The van der Waals surface area contributed by atoms with Crippen molar-refractivity contribution in [3.8, 4) is 0 Å². The second kappa shape index (κ2) is 6.06. The molecule has 0 saturated heterocycles. The molecule has 1 fully saturated rings. The molecule has 5 heteroatoms. The molecule has 1 aromatic carbocycles. The lowest BCUT2D eigenvalue weighted by molar-refractivity contribution is 0.556. The Morgan fingerprint density at radius 3 is 3.00 bits per heavy atom. The van der Waals surface area contributed by atoms with E-state index in [-0.39, 0.29) is 5.56 Å². The minimum absolute atomic E-state index is 0.0476. The van der Waals surface area contributed by atoms with Crippen LogP contribution in [-0.2, 0) is 6.54 Å². The summed E-state index contributed by atoms with van der Waals surface area (Å²) in [5, 5.41) is 4.16. The van der Waals surface area contributed by atoms with E-state index in [1.165, 1.54) is 12.8 Å². The molecule has 20 heavy (non-hydrogen) atoms. The van der Waals surface area contributed by atoms with Gasteiger partial charge in [0.25, 0.3) is 5.56 Å². The van der Waals surface area contributed by atoms with E-state index in [1.54, 1.807) is 10.9 Å². The van der Waals surface area contributed by atoms with E-state index in [2.05, 4.69) is 26.2 Å². The van der Waals surface area contributed by atoms with Crippen LogP contribution in [0.25, 0.3) is 10.9 Å². The van der Waals surface area contributed by atoms with Crippen LogP contribution in [-0.4, -0.2) is 22.1 Å². The minimum atomic E-state index is 0.0476. The van der Waals surface area contributed by atoms with Crippen molar-refractivity contribution in [2.75, 3.05) is 6.54 Å². The highest BCUT2D eigenvalue weighted by Gasteiger charge is 2.19. The standard InChI is InChI=1S/C15H18BrN3O/c16-11-3-6-14-13(9-11)15(20)19(10-18-14)8-2-1-7-17-12-4-5-12/h3,6,9-10,12,17H,1-2,4-5,7-8H2. The zero-order chi connectivity index (χ0) is 13.9. The van der Waals surface area contributed by atoms with E-state index in [1.807, 2.05) is 18.2 Å². The predicted molar refractivity (Wildman–Crippen MR) is 84.0 cm³/mol. The van der Waals surface area contributed by atoms with E-state index in [4.69, 9.17) is 0 Å². The molecule has 4 nitrogen and oxygen atoms in total. The van der Waals surface area contributed by atoms with Crippen molar-refractivity contribution < 1.29 is 0 Å².